The minimum atomic E-state index is -1.27. The summed E-state index contributed by atoms with van der Waals surface area (Å²) in [5, 5.41) is 2.86. The SMILES string of the molecule is CC(C)C(NC(=O)OC(C)(C)C)C(=O)OCOC(=O)N(C)[C@]1(c2ccccc2Cl)CCCCC1=O. The van der Waals surface area contributed by atoms with E-state index >= 15 is 0 Å². The monoisotopic (exact) mass is 510 g/mol. The zero-order chi connectivity index (χ0) is 26.4. The second kappa shape index (κ2) is 11.7. The van der Waals surface area contributed by atoms with E-state index in [1.807, 2.05) is 0 Å². The summed E-state index contributed by atoms with van der Waals surface area (Å²) in [6.07, 6.45) is 0.569. The van der Waals surface area contributed by atoms with Gasteiger partial charge in [0.1, 0.15) is 17.2 Å². The van der Waals surface area contributed by atoms with E-state index < -0.39 is 42.1 Å². The van der Waals surface area contributed by atoms with Gasteiger partial charge in [0.05, 0.1) is 0 Å². The standard InChI is InChI=1S/C25H35ClN2O7/c1-16(2)20(27-22(31)35-24(3,4)5)21(30)33-15-34-23(32)28(6)25(14-10-9-13-19(25)29)17-11-7-8-12-18(17)26/h7-8,11-12,16,20H,9-10,13-15H2,1-6H3,(H,27,31)/t20?,25-/m0/s1. The maximum atomic E-state index is 13.1. The molecule has 1 aromatic carbocycles. The minimum absolute atomic E-state index is 0.130. The van der Waals surface area contributed by atoms with Crippen LogP contribution < -0.4 is 5.32 Å². The van der Waals surface area contributed by atoms with Crippen molar-refractivity contribution in [3.63, 3.8) is 0 Å². The molecule has 0 radical (unpaired) electrons. The Balaban J connectivity index is 2.07. The Kier molecular flexibility index (Phi) is 9.54. The average molecular weight is 511 g/mol. The summed E-state index contributed by atoms with van der Waals surface area (Å²) < 4.78 is 15.5. The maximum absolute atomic E-state index is 13.1. The molecule has 10 heteroatoms. The first-order valence-corrected chi connectivity index (χ1v) is 12.0. The van der Waals surface area contributed by atoms with Gasteiger partial charge in [-0.2, -0.15) is 0 Å². The number of ketones is 1. The summed E-state index contributed by atoms with van der Waals surface area (Å²) in [5.41, 5.74) is -1.47. The lowest BCUT2D eigenvalue weighted by Gasteiger charge is -2.43. The van der Waals surface area contributed by atoms with Crippen molar-refractivity contribution >= 4 is 35.5 Å². The first kappa shape index (κ1) is 28.4. The van der Waals surface area contributed by atoms with Crippen LogP contribution in [0.1, 0.15) is 65.9 Å². The van der Waals surface area contributed by atoms with E-state index in [0.717, 1.165) is 12.8 Å². The van der Waals surface area contributed by atoms with Crippen molar-refractivity contribution in [1.29, 1.82) is 0 Å². The number of hydrogen-bond donors (Lipinski definition) is 1. The van der Waals surface area contributed by atoms with E-state index in [1.54, 1.807) is 58.9 Å². The molecule has 1 aliphatic rings. The number of esters is 1. The van der Waals surface area contributed by atoms with Crippen LogP contribution in [-0.4, -0.2) is 54.3 Å². The van der Waals surface area contributed by atoms with Crippen molar-refractivity contribution in [3.05, 3.63) is 34.9 Å². The highest BCUT2D eigenvalue weighted by Crippen LogP contribution is 2.42. The van der Waals surface area contributed by atoms with Crippen LogP contribution >= 0.6 is 11.6 Å². The normalized spacial score (nSPS) is 19.0. The third kappa shape index (κ3) is 7.10. The van der Waals surface area contributed by atoms with E-state index in [9.17, 15) is 19.2 Å². The van der Waals surface area contributed by atoms with E-state index in [4.69, 9.17) is 25.8 Å². The van der Waals surface area contributed by atoms with Crippen molar-refractivity contribution < 1.29 is 33.4 Å². The highest BCUT2D eigenvalue weighted by Gasteiger charge is 2.48. The molecule has 1 aliphatic carbocycles. The van der Waals surface area contributed by atoms with Crippen molar-refractivity contribution in [2.45, 2.75) is 77.5 Å². The van der Waals surface area contributed by atoms with Crippen LogP contribution in [0.3, 0.4) is 0 Å². The molecule has 35 heavy (non-hydrogen) atoms. The van der Waals surface area contributed by atoms with Gasteiger partial charge in [0.25, 0.3) is 0 Å². The Hall–Kier alpha value is -2.81. The number of ether oxygens (including phenoxy) is 3. The molecule has 1 fully saturated rings. The number of nitrogens with one attached hydrogen (secondary N) is 1. The van der Waals surface area contributed by atoms with E-state index in [2.05, 4.69) is 5.32 Å². The largest absolute Gasteiger partial charge is 0.444 e. The molecule has 0 aromatic heterocycles. The quantitative estimate of drug-likeness (QED) is 0.414. The number of nitrogens with zero attached hydrogens (tertiary/aromatic N) is 1. The lowest BCUT2D eigenvalue weighted by molar-refractivity contribution is -0.157. The van der Waals surface area contributed by atoms with Crippen molar-refractivity contribution in [1.82, 2.24) is 10.2 Å². The third-order valence-corrected chi connectivity index (χ3v) is 6.13. The van der Waals surface area contributed by atoms with Gasteiger partial charge in [-0.3, -0.25) is 9.69 Å². The Morgan fingerprint density at radius 2 is 1.80 bits per heavy atom. The van der Waals surface area contributed by atoms with Crippen molar-refractivity contribution in [2.24, 2.45) is 5.92 Å². The molecule has 1 unspecified atom stereocenters. The van der Waals surface area contributed by atoms with Gasteiger partial charge >= 0.3 is 18.2 Å². The number of hydrogen-bond acceptors (Lipinski definition) is 7. The molecule has 0 heterocycles. The van der Waals surface area contributed by atoms with Crippen LogP contribution in [0.4, 0.5) is 9.59 Å². The number of amides is 2. The number of likely N-dealkylation sites (N-methyl/N-ethyl adjacent to an activating group) is 1. The van der Waals surface area contributed by atoms with Crippen LogP contribution in [0.5, 0.6) is 0 Å². The number of alkyl carbamates (subject to hydrolysis) is 1. The number of rotatable bonds is 7. The van der Waals surface area contributed by atoms with Gasteiger partial charge in [-0.15, -0.1) is 0 Å². The molecule has 9 nitrogen and oxygen atoms in total. The molecular formula is C25H35ClN2O7. The average Bonchev–Trinajstić information content (AvgIpc) is 2.76. The first-order valence-electron chi connectivity index (χ1n) is 11.6. The van der Waals surface area contributed by atoms with Gasteiger partial charge in [0.2, 0.25) is 6.79 Å². The van der Waals surface area contributed by atoms with Crippen molar-refractivity contribution in [3.8, 4) is 0 Å². The molecule has 2 atom stereocenters. The number of benzene rings is 1. The van der Waals surface area contributed by atoms with Crippen LogP contribution in [0.15, 0.2) is 24.3 Å². The predicted molar refractivity (Wildman–Crippen MR) is 130 cm³/mol. The molecule has 1 N–H and O–H groups in total. The summed E-state index contributed by atoms with van der Waals surface area (Å²) in [6.45, 7) is 7.89. The van der Waals surface area contributed by atoms with Gasteiger partial charge in [-0.05, 0) is 52.0 Å². The van der Waals surface area contributed by atoms with Gasteiger partial charge in [-0.1, -0.05) is 43.6 Å². The molecular weight excluding hydrogens is 476 g/mol. The Morgan fingerprint density at radius 3 is 2.37 bits per heavy atom. The highest BCUT2D eigenvalue weighted by atomic mass is 35.5. The Bertz CT molecular complexity index is 944. The third-order valence-electron chi connectivity index (χ3n) is 5.80. The summed E-state index contributed by atoms with van der Waals surface area (Å²) in [7, 11) is 1.47. The molecule has 1 aromatic rings. The van der Waals surface area contributed by atoms with Gasteiger partial charge in [0.15, 0.2) is 5.78 Å². The number of Topliss-reactive ketones (excluding diaryl/α,β-unsaturated/α-hetero) is 1. The molecule has 0 aliphatic heterocycles. The lowest BCUT2D eigenvalue weighted by atomic mass is 9.74. The fraction of sp³-hybridized carbons (Fsp3) is 0.600. The Morgan fingerprint density at radius 1 is 1.14 bits per heavy atom. The van der Waals surface area contributed by atoms with Crippen LogP contribution in [0, 0.1) is 5.92 Å². The molecule has 0 saturated heterocycles. The van der Waals surface area contributed by atoms with Gasteiger partial charge < -0.3 is 19.5 Å². The summed E-state index contributed by atoms with van der Waals surface area (Å²) >= 11 is 6.41. The van der Waals surface area contributed by atoms with E-state index in [-0.39, 0.29) is 11.7 Å². The summed E-state index contributed by atoms with van der Waals surface area (Å²) in [6, 6.07) is 5.91. The van der Waals surface area contributed by atoms with Gasteiger partial charge in [-0.25, -0.2) is 14.4 Å². The molecule has 2 amide bonds. The zero-order valence-electron chi connectivity index (χ0n) is 21.2. The fourth-order valence-electron chi connectivity index (χ4n) is 4.04. The number of carbonyl (C=O) groups excluding carboxylic acids is 4. The maximum Gasteiger partial charge on any atom is 0.413 e. The highest BCUT2D eigenvalue weighted by molar-refractivity contribution is 6.31. The topological polar surface area (TPSA) is 111 Å². The molecule has 0 spiro atoms. The lowest BCUT2D eigenvalue weighted by Crippen LogP contribution is -2.54. The minimum Gasteiger partial charge on any atom is -0.444 e. The predicted octanol–water partition coefficient (Wildman–Crippen LogP) is 4.80. The van der Waals surface area contributed by atoms with Crippen LogP contribution in [0.2, 0.25) is 5.02 Å². The summed E-state index contributed by atoms with van der Waals surface area (Å²) in [5.74, 6) is -1.22. The van der Waals surface area contributed by atoms with Gasteiger partial charge in [0, 0.05) is 24.1 Å². The fourth-order valence-corrected chi connectivity index (χ4v) is 4.33. The number of halogens is 1. The molecule has 0 bridgehead atoms. The molecule has 2 rings (SSSR count). The van der Waals surface area contributed by atoms with Crippen LogP contribution in [0.25, 0.3) is 0 Å². The smallest absolute Gasteiger partial charge is 0.413 e. The second-order valence-electron chi connectivity index (χ2n) is 9.89. The molecule has 194 valence electrons. The van der Waals surface area contributed by atoms with Crippen molar-refractivity contribution in [2.75, 3.05) is 13.8 Å². The first-order chi connectivity index (χ1) is 16.3. The number of carbonyl (C=O) groups is 4. The van der Waals surface area contributed by atoms with E-state index in [1.165, 1.54) is 11.9 Å². The zero-order valence-corrected chi connectivity index (χ0v) is 21.9. The van der Waals surface area contributed by atoms with E-state index in [0.29, 0.717) is 23.4 Å². The molecule has 1 saturated carbocycles. The second-order valence-corrected chi connectivity index (χ2v) is 10.3. The summed E-state index contributed by atoms with van der Waals surface area (Å²) in [4.78, 5) is 51.9. The van der Waals surface area contributed by atoms with Crippen LogP contribution in [-0.2, 0) is 29.3 Å². The Labute approximate surface area is 211 Å².